The van der Waals surface area contributed by atoms with Gasteiger partial charge in [-0.05, 0) is 25.0 Å². The van der Waals surface area contributed by atoms with Gasteiger partial charge in [-0.1, -0.05) is 0 Å². The highest BCUT2D eigenvalue weighted by molar-refractivity contribution is 7.11. The number of hydrogen-bond donors (Lipinski definition) is 2. The summed E-state index contributed by atoms with van der Waals surface area (Å²) in [6, 6.07) is 1.86. The Balaban J connectivity index is 1.93. The molecule has 6 heteroatoms. The van der Waals surface area contributed by atoms with Crippen molar-refractivity contribution in [1.29, 1.82) is 0 Å². The van der Waals surface area contributed by atoms with Gasteiger partial charge in [-0.25, -0.2) is 4.79 Å². The van der Waals surface area contributed by atoms with Gasteiger partial charge in [-0.2, -0.15) is 0 Å². The molecule has 0 aliphatic carbocycles. The molecule has 102 valence electrons. The van der Waals surface area contributed by atoms with Crippen molar-refractivity contribution in [1.82, 2.24) is 5.32 Å². The van der Waals surface area contributed by atoms with Gasteiger partial charge in [-0.3, -0.25) is 4.79 Å². The molecule has 1 saturated heterocycles. The van der Waals surface area contributed by atoms with Crippen molar-refractivity contribution in [2.24, 2.45) is 0 Å². The molecular weight excluding hydrogens is 266 g/mol. The maximum atomic E-state index is 12.0. The van der Waals surface area contributed by atoms with Crippen LogP contribution in [0.2, 0.25) is 0 Å². The number of carbonyl (C=O) groups is 2. The molecule has 1 aromatic heterocycles. The van der Waals surface area contributed by atoms with Gasteiger partial charge < -0.3 is 15.2 Å². The standard InChI is InChI=1S/C13H15NO4S/c15-12(16)2-1-11-7-9(8-19-11)13(17)14-10-3-5-18-6-4-10/h1-2,7-8,10H,3-6H2,(H,14,17)(H,15,16). The van der Waals surface area contributed by atoms with Crippen LogP contribution in [0.15, 0.2) is 17.5 Å². The number of carbonyl (C=O) groups excluding carboxylic acids is 1. The first kappa shape index (κ1) is 13.8. The van der Waals surface area contributed by atoms with Crippen LogP contribution in [0.3, 0.4) is 0 Å². The molecule has 5 nitrogen and oxygen atoms in total. The first-order valence-electron chi connectivity index (χ1n) is 6.03. The second kappa shape index (κ2) is 6.49. The Bertz CT molecular complexity index is 489. The molecule has 1 aliphatic heterocycles. The predicted molar refractivity (Wildman–Crippen MR) is 72.3 cm³/mol. The Morgan fingerprint density at radius 3 is 2.84 bits per heavy atom. The van der Waals surface area contributed by atoms with Crippen LogP contribution < -0.4 is 5.32 Å². The second-order valence-corrected chi connectivity index (χ2v) is 5.21. The SMILES string of the molecule is O=C(O)C=Cc1cc(C(=O)NC2CCOCC2)cs1. The lowest BCUT2D eigenvalue weighted by molar-refractivity contribution is -0.131. The van der Waals surface area contributed by atoms with Crippen LogP contribution in [0.25, 0.3) is 6.08 Å². The molecule has 1 aromatic rings. The van der Waals surface area contributed by atoms with Crippen molar-refractivity contribution in [3.8, 4) is 0 Å². The van der Waals surface area contributed by atoms with Gasteiger partial charge >= 0.3 is 5.97 Å². The van der Waals surface area contributed by atoms with Crippen LogP contribution in [0.1, 0.15) is 28.1 Å². The Morgan fingerprint density at radius 1 is 1.42 bits per heavy atom. The third kappa shape index (κ3) is 4.18. The molecule has 0 aromatic carbocycles. The topological polar surface area (TPSA) is 75.6 Å². The lowest BCUT2D eigenvalue weighted by Gasteiger charge is -2.22. The molecule has 0 bridgehead atoms. The van der Waals surface area contributed by atoms with Gasteiger partial charge in [0.15, 0.2) is 0 Å². The molecule has 0 radical (unpaired) electrons. The van der Waals surface area contributed by atoms with Crippen molar-refractivity contribution >= 4 is 29.3 Å². The zero-order valence-electron chi connectivity index (χ0n) is 10.3. The molecular formula is C13H15NO4S. The highest BCUT2D eigenvalue weighted by atomic mass is 32.1. The third-order valence-electron chi connectivity index (χ3n) is 2.83. The fourth-order valence-electron chi connectivity index (χ4n) is 1.82. The zero-order chi connectivity index (χ0) is 13.7. The molecule has 19 heavy (non-hydrogen) atoms. The number of hydrogen-bond acceptors (Lipinski definition) is 4. The molecule has 0 unspecified atom stereocenters. The van der Waals surface area contributed by atoms with E-state index in [2.05, 4.69) is 5.32 Å². The molecule has 2 N–H and O–H groups in total. The van der Waals surface area contributed by atoms with E-state index in [9.17, 15) is 9.59 Å². The summed E-state index contributed by atoms with van der Waals surface area (Å²) in [5, 5.41) is 13.2. The normalized spacial score (nSPS) is 16.6. The first-order chi connectivity index (χ1) is 9.15. The van der Waals surface area contributed by atoms with E-state index in [0.717, 1.165) is 23.8 Å². The summed E-state index contributed by atoms with van der Waals surface area (Å²) in [6.07, 6.45) is 4.22. The molecule has 2 heterocycles. The van der Waals surface area contributed by atoms with Crippen LogP contribution in [0, 0.1) is 0 Å². The second-order valence-electron chi connectivity index (χ2n) is 4.27. The zero-order valence-corrected chi connectivity index (χ0v) is 11.1. The minimum atomic E-state index is -0.999. The summed E-state index contributed by atoms with van der Waals surface area (Å²) >= 11 is 1.35. The van der Waals surface area contributed by atoms with Crippen LogP contribution >= 0.6 is 11.3 Å². The van der Waals surface area contributed by atoms with Crippen molar-refractivity contribution in [3.63, 3.8) is 0 Å². The number of thiophene rings is 1. The van der Waals surface area contributed by atoms with Crippen LogP contribution in [-0.4, -0.2) is 36.2 Å². The highest BCUT2D eigenvalue weighted by Gasteiger charge is 2.17. The highest BCUT2D eigenvalue weighted by Crippen LogP contribution is 2.17. The van der Waals surface area contributed by atoms with Gasteiger partial charge in [0.25, 0.3) is 5.91 Å². The molecule has 0 atom stereocenters. The number of nitrogens with one attached hydrogen (secondary N) is 1. The molecule has 2 rings (SSSR count). The number of amides is 1. The average molecular weight is 281 g/mol. The molecule has 1 fully saturated rings. The maximum Gasteiger partial charge on any atom is 0.328 e. The van der Waals surface area contributed by atoms with Gasteiger partial charge in [-0.15, -0.1) is 11.3 Å². The van der Waals surface area contributed by atoms with E-state index in [1.165, 1.54) is 17.4 Å². The molecule has 0 spiro atoms. The first-order valence-corrected chi connectivity index (χ1v) is 6.91. The third-order valence-corrected chi connectivity index (χ3v) is 3.73. The minimum Gasteiger partial charge on any atom is -0.478 e. The van der Waals surface area contributed by atoms with Crippen LogP contribution in [-0.2, 0) is 9.53 Å². The number of carboxylic acids is 1. The summed E-state index contributed by atoms with van der Waals surface area (Å²) in [5.41, 5.74) is 0.571. The van der Waals surface area contributed by atoms with E-state index in [-0.39, 0.29) is 11.9 Å². The average Bonchev–Trinajstić information content (AvgIpc) is 2.86. The van der Waals surface area contributed by atoms with E-state index in [0.29, 0.717) is 18.8 Å². The minimum absolute atomic E-state index is 0.113. The molecule has 1 aliphatic rings. The van der Waals surface area contributed by atoms with E-state index in [1.54, 1.807) is 11.4 Å². The lowest BCUT2D eigenvalue weighted by atomic mass is 10.1. The number of carboxylic acid groups (broad SMARTS) is 1. The fraction of sp³-hybridized carbons (Fsp3) is 0.385. The van der Waals surface area contributed by atoms with Gasteiger partial charge in [0.05, 0.1) is 5.56 Å². The summed E-state index contributed by atoms with van der Waals surface area (Å²) in [4.78, 5) is 23.1. The van der Waals surface area contributed by atoms with E-state index < -0.39 is 5.97 Å². The van der Waals surface area contributed by atoms with Gasteiger partial charge in [0, 0.05) is 35.6 Å². The summed E-state index contributed by atoms with van der Waals surface area (Å²) in [5.74, 6) is -1.11. The number of rotatable bonds is 4. The monoisotopic (exact) mass is 281 g/mol. The summed E-state index contributed by atoms with van der Waals surface area (Å²) in [6.45, 7) is 1.36. The van der Waals surface area contributed by atoms with E-state index >= 15 is 0 Å². The smallest absolute Gasteiger partial charge is 0.328 e. The Labute approximate surface area is 114 Å². The van der Waals surface area contributed by atoms with E-state index in [1.807, 2.05) is 0 Å². The Kier molecular flexibility index (Phi) is 4.70. The molecule has 1 amide bonds. The maximum absolute atomic E-state index is 12.0. The summed E-state index contributed by atoms with van der Waals surface area (Å²) < 4.78 is 5.23. The van der Waals surface area contributed by atoms with Crippen molar-refractivity contribution in [3.05, 3.63) is 28.0 Å². The van der Waals surface area contributed by atoms with Crippen molar-refractivity contribution in [2.75, 3.05) is 13.2 Å². The van der Waals surface area contributed by atoms with Crippen LogP contribution in [0.5, 0.6) is 0 Å². The van der Waals surface area contributed by atoms with Crippen molar-refractivity contribution in [2.45, 2.75) is 18.9 Å². The van der Waals surface area contributed by atoms with E-state index in [4.69, 9.17) is 9.84 Å². The fourth-order valence-corrected chi connectivity index (χ4v) is 2.60. The Hall–Kier alpha value is -1.66. The summed E-state index contributed by atoms with van der Waals surface area (Å²) in [7, 11) is 0. The predicted octanol–water partition coefficient (Wildman–Crippen LogP) is 1.75. The van der Waals surface area contributed by atoms with Gasteiger partial charge in [0.1, 0.15) is 0 Å². The van der Waals surface area contributed by atoms with Crippen LogP contribution in [0.4, 0.5) is 0 Å². The largest absolute Gasteiger partial charge is 0.478 e. The quantitative estimate of drug-likeness (QED) is 0.824. The number of aliphatic carboxylic acids is 1. The number of ether oxygens (including phenoxy) is 1. The lowest BCUT2D eigenvalue weighted by Crippen LogP contribution is -2.38. The molecule has 0 saturated carbocycles. The Morgan fingerprint density at radius 2 is 2.16 bits per heavy atom. The van der Waals surface area contributed by atoms with Crippen molar-refractivity contribution < 1.29 is 19.4 Å². The van der Waals surface area contributed by atoms with Gasteiger partial charge in [0.2, 0.25) is 0 Å².